The largest absolute Gasteiger partial charge is 0.390 e. The average Bonchev–Trinajstić information content (AvgIpc) is 2.40. The van der Waals surface area contributed by atoms with Crippen LogP contribution < -0.4 is 0 Å². The van der Waals surface area contributed by atoms with Gasteiger partial charge in [0.15, 0.2) is 0 Å². The molecule has 1 aliphatic rings. The lowest BCUT2D eigenvalue weighted by Crippen LogP contribution is -2.21. The van der Waals surface area contributed by atoms with Crippen molar-refractivity contribution in [2.24, 2.45) is 0 Å². The van der Waals surface area contributed by atoms with Gasteiger partial charge >= 0.3 is 0 Å². The first-order chi connectivity index (χ1) is 6.94. The van der Waals surface area contributed by atoms with E-state index in [1.54, 1.807) is 0 Å². The van der Waals surface area contributed by atoms with E-state index in [0.717, 1.165) is 6.42 Å². The quantitative estimate of drug-likeness (QED) is 0.830. The molecule has 0 bridgehead atoms. The molecule has 1 nitrogen and oxygen atoms in total. The van der Waals surface area contributed by atoms with Crippen molar-refractivity contribution >= 4 is 11.8 Å². The molecule has 2 heteroatoms. The van der Waals surface area contributed by atoms with Crippen LogP contribution in [0.3, 0.4) is 0 Å². The highest BCUT2D eigenvalue weighted by Crippen LogP contribution is 2.37. The van der Waals surface area contributed by atoms with E-state index in [1.807, 2.05) is 25.6 Å². The number of hydrogen-bond donors (Lipinski definition) is 1. The van der Waals surface area contributed by atoms with Crippen LogP contribution in [0.2, 0.25) is 0 Å². The van der Waals surface area contributed by atoms with Crippen molar-refractivity contribution in [3.8, 4) is 0 Å². The second-order valence-electron chi connectivity index (χ2n) is 5.06. The molecule has 1 aromatic carbocycles. The minimum atomic E-state index is -0.606. The van der Waals surface area contributed by atoms with Crippen molar-refractivity contribution in [2.75, 3.05) is 0 Å². The highest BCUT2D eigenvalue weighted by atomic mass is 32.2. The first kappa shape index (κ1) is 11.0. The van der Waals surface area contributed by atoms with Gasteiger partial charge in [-0.2, -0.15) is 0 Å². The number of aliphatic hydroxyl groups is 1. The maximum Gasteiger partial charge on any atom is 0.0631 e. The third kappa shape index (κ3) is 2.76. The lowest BCUT2D eigenvalue weighted by atomic mass is 9.96. The molecule has 0 saturated carbocycles. The predicted octanol–water partition coefficient (Wildman–Crippen LogP) is 3.04. The monoisotopic (exact) mass is 222 g/mol. The van der Waals surface area contributed by atoms with Crippen LogP contribution in [0.15, 0.2) is 23.1 Å². The number of rotatable bonds is 2. The van der Waals surface area contributed by atoms with Crippen LogP contribution in [-0.2, 0) is 12.8 Å². The molecule has 0 amide bonds. The maximum atomic E-state index is 9.77. The minimum absolute atomic E-state index is 0.606. The van der Waals surface area contributed by atoms with Crippen molar-refractivity contribution in [3.63, 3.8) is 0 Å². The van der Waals surface area contributed by atoms with E-state index in [0.29, 0.717) is 5.25 Å². The zero-order valence-electron chi connectivity index (χ0n) is 9.58. The molecule has 2 rings (SSSR count). The summed E-state index contributed by atoms with van der Waals surface area (Å²) < 4.78 is 0. The van der Waals surface area contributed by atoms with Gasteiger partial charge in [-0.05, 0) is 37.5 Å². The zero-order valence-corrected chi connectivity index (χ0v) is 10.4. The fraction of sp³-hybridized carbons (Fsp3) is 0.538. The molecule has 1 N–H and O–H groups in total. The Bertz CT molecular complexity index is 365. The van der Waals surface area contributed by atoms with Gasteiger partial charge in [-0.1, -0.05) is 19.1 Å². The smallest absolute Gasteiger partial charge is 0.0631 e. The molecule has 0 saturated heterocycles. The van der Waals surface area contributed by atoms with Gasteiger partial charge < -0.3 is 5.11 Å². The lowest BCUT2D eigenvalue weighted by Gasteiger charge is -2.17. The molecular weight excluding hydrogens is 204 g/mol. The van der Waals surface area contributed by atoms with Gasteiger partial charge in [0.2, 0.25) is 0 Å². The van der Waals surface area contributed by atoms with Gasteiger partial charge in [0.05, 0.1) is 5.60 Å². The summed E-state index contributed by atoms with van der Waals surface area (Å²) in [7, 11) is 0. The van der Waals surface area contributed by atoms with E-state index < -0.39 is 5.60 Å². The first-order valence-electron chi connectivity index (χ1n) is 5.45. The molecule has 0 aliphatic carbocycles. The van der Waals surface area contributed by atoms with Crippen LogP contribution in [0, 0.1) is 0 Å². The van der Waals surface area contributed by atoms with E-state index in [2.05, 4.69) is 25.1 Å². The molecule has 1 heterocycles. The predicted molar refractivity (Wildman–Crippen MR) is 65.5 cm³/mol. The van der Waals surface area contributed by atoms with Gasteiger partial charge in [0.1, 0.15) is 0 Å². The Labute approximate surface area is 95.9 Å². The molecule has 0 radical (unpaired) electrons. The Morgan fingerprint density at radius 3 is 2.87 bits per heavy atom. The number of fused-ring (bicyclic) bond motifs is 1. The Hall–Kier alpha value is -0.470. The fourth-order valence-electron chi connectivity index (χ4n) is 2.08. The highest BCUT2D eigenvalue weighted by Gasteiger charge is 2.20. The SMILES string of the molecule is CC1Cc2cc(CC(C)(C)O)ccc2S1. The third-order valence-corrected chi connectivity index (χ3v) is 3.82. The van der Waals surface area contributed by atoms with Crippen molar-refractivity contribution in [3.05, 3.63) is 29.3 Å². The van der Waals surface area contributed by atoms with Crippen LogP contribution in [0.4, 0.5) is 0 Å². The molecule has 0 aromatic heterocycles. The number of benzene rings is 1. The Kier molecular flexibility index (Phi) is 2.82. The number of thioether (sulfide) groups is 1. The van der Waals surface area contributed by atoms with E-state index in [4.69, 9.17) is 0 Å². The van der Waals surface area contributed by atoms with Gasteiger partial charge in [0.25, 0.3) is 0 Å². The van der Waals surface area contributed by atoms with Crippen LogP contribution in [0.1, 0.15) is 31.9 Å². The maximum absolute atomic E-state index is 9.77. The van der Waals surface area contributed by atoms with Crippen molar-refractivity contribution in [1.29, 1.82) is 0 Å². The van der Waals surface area contributed by atoms with E-state index in [9.17, 15) is 5.11 Å². The van der Waals surface area contributed by atoms with E-state index in [1.165, 1.54) is 22.4 Å². The zero-order chi connectivity index (χ0) is 11.1. The normalized spacial score (nSPS) is 20.4. The first-order valence-corrected chi connectivity index (χ1v) is 6.33. The lowest BCUT2D eigenvalue weighted by molar-refractivity contribution is 0.0810. The van der Waals surface area contributed by atoms with Gasteiger partial charge in [-0.15, -0.1) is 11.8 Å². The third-order valence-electron chi connectivity index (χ3n) is 2.60. The molecule has 0 spiro atoms. The van der Waals surface area contributed by atoms with Gasteiger partial charge in [0, 0.05) is 16.6 Å². The summed E-state index contributed by atoms with van der Waals surface area (Å²) in [4.78, 5) is 1.42. The summed E-state index contributed by atoms with van der Waals surface area (Å²) in [5, 5.41) is 10.5. The van der Waals surface area contributed by atoms with Crippen LogP contribution >= 0.6 is 11.8 Å². The van der Waals surface area contributed by atoms with Crippen LogP contribution in [0.25, 0.3) is 0 Å². The van der Waals surface area contributed by atoms with Crippen LogP contribution in [-0.4, -0.2) is 16.0 Å². The Morgan fingerprint density at radius 1 is 1.47 bits per heavy atom. The summed E-state index contributed by atoms with van der Waals surface area (Å²) in [5.74, 6) is 0. The van der Waals surface area contributed by atoms with E-state index in [-0.39, 0.29) is 0 Å². The van der Waals surface area contributed by atoms with Crippen molar-refractivity contribution in [2.45, 2.75) is 49.4 Å². The molecule has 0 fully saturated rings. The topological polar surface area (TPSA) is 20.2 Å². The molecular formula is C13H18OS. The van der Waals surface area contributed by atoms with Crippen molar-refractivity contribution in [1.82, 2.24) is 0 Å². The molecule has 1 aliphatic heterocycles. The second-order valence-corrected chi connectivity index (χ2v) is 6.54. The highest BCUT2D eigenvalue weighted by molar-refractivity contribution is 8.00. The van der Waals surface area contributed by atoms with Gasteiger partial charge in [-0.3, -0.25) is 0 Å². The standard InChI is InChI=1S/C13H18OS/c1-9-6-11-7-10(8-13(2,3)14)4-5-12(11)15-9/h4-5,7,9,14H,6,8H2,1-3H3. The number of hydrogen-bond acceptors (Lipinski definition) is 2. The Morgan fingerprint density at radius 2 is 2.20 bits per heavy atom. The van der Waals surface area contributed by atoms with Gasteiger partial charge in [-0.25, -0.2) is 0 Å². The molecule has 15 heavy (non-hydrogen) atoms. The summed E-state index contributed by atoms with van der Waals surface area (Å²) in [6.45, 7) is 5.98. The summed E-state index contributed by atoms with van der Waals surface area (Å²) in [6.07, 6.45) is 1.90. The summed E-state index contributed by atoms with van der Waals surface area (Å²) in [5.41, 5.74) is 2.09. The molecule has 1 atom stereocenters. The van der Waals surface area contributed by atoms with Crippen molar-refractivity contribution < 1.29 is 5.11 Å². The summed E-state index contributed by atoms with van der Waals surface area (Å²) >= 11 is 1.96. The molecule has 1 aromatic rings. The van der Waals surface area contributed by atoms with E-state index >= 15 is 0 Å². The Balaban J connectivity index is 2.20. The minimum Gasteiger partial charge on any atom is -0.390 e. The summed E-state index contributed by atoms with van der Waals surface area (Å²) in [6, 6.07) is 6.59. The molecule has 1 unspecified atom stereocenters. The average molecular weight is 222 g/mol. The molecule has 82 valence electrons. The fourth-order valence-corrected chi connectivity index (χ4v) is 3.22. The van der Waals surface area contributed by atoms with Crippen LogP contribution in [0.5, 0.6) is 0 Å². The second kappa shape index (κ2) is 3.84.